The minimum absolute atomic E-state index is 0.140. The minimum atomic E-state index is -0.155. The van der Waals surface area contributed by atoms with Crippen LogP contribution < -0.4 is 5.32 Å². The first-order valence-corrected chi connectivity index (χ1v) is 16.5. The van der Waals surface area contributed by atoms with Crippen LogP contribution in [0.2, 0.25) is 0 Å². The quantitative estimate of drug-likeness (QED) is 0.182. The zero-order valence-corrected chi connectivity index (χ0v) is 25.8. The SMILES string of the molecule is O=C1c2c(Nc3ccccc3)ccc(Sc3ccccc3)c2C(=O)c2c(Sc3ccccc3)ccc(Sc3ccccc3)c21. The molecule has 0 saturated heterocycles. The van der Waals surface area contributed by atoms with Crippen molar-refractivity contribution in [3.63, 3.8) is 0 Å². The van der Waals surface area contributed by atoms with E-state index >= 15 is 0 Å². The Labute approximate surface area is 269 Å². The highest BCUT2D eigenvalue weighted by Gasteiger charge is 2.38. The van der Waals surface area contributed by atoms with Gasteiger partial charge in [0.15, 0.2) is 11.6 Å². The van der Waals surface area contributed by atoms with E-state index in [1.54, 1.807) is 0 Å². The number of hydrogen-bond donors (Lipinski definition) is 1. The summed E-state index contributed by atoms with van der Waals surface area (Å²) in [6, 6.07) is 47.4. The van der Waals surface area contributed by atoms with E-state index < -0.39 is 0 Å². The number of rotatable bonds is 8. The lowest BCUT2D eigenvalue weighted by molar-refractivity contribution is 0.0973. The fraction of sp³-hybridized carbons (Fsp3) is 0. The molecule has 6 aromatic rings. The largest absolute Gasteiger partial charge is 0.355 e. The summed E-state index contributed by atoms with van der Waals surface area (Å²) in [4.78, 5) is 35.0. The molecule has 0 unspecified atom stereocenters. The number of ketones is 2. The van der Waals surface area contributed by atoms with Gasteiger partial charge in [-0.2, -0.15) is 0 Å². The highest BCUT2D eigenvalue weighted by atomic mass is 32.2. The van der Waals surface area contributed by atoms with Crippen LogP contribution in [0, 0.1) is 0 Å². The molecule has 44 heavy (non-hydrogen) atoms. The lowest BCUT2D eigenvalue weighted by atomic mass is 9.83. The Morgan fingerprint density at radius 1 is 0.364 bits per heavy atom. The normalized spacial score (nSPS) is 12.0. The second kappa shape index (κ2) is 12.6. The fourth-order valence-corrected chi connectivity index (χ4v) is 8.13. The van der Waals surface area contributed by atoms with Crippen LogP contribution in [-0.2, 0) is 0 Å². The van der Waals surface area contributed by atoms with Crippen LogP contribution in [0.1, 0.15) is 31.8 Å². The molecular weight excluding hydrogens is 599 g/mol. The van der Waals surface area contributed by atoms with Crippen LogP contribution in [-0.4, -0.2) is 11.6 Å². The number of fused-ring (bicyclic) bond motifs is 2. The maximum Gasteiger partial charge on any atom is 0.197 e. The third-order valence-corrected chi connectivity index (χ3v) is 10.4. The number of benzene rings is 6. The van der Waals surface area contributed by atoms with E-state index in [1.807, 2.05) is 146 Å². The Balaban J connectivity index is 1.43. The van der Waals surface area contributed by atoms with E-state index in [9.17, 15) is 9.59 Å². The van der Waals surface area contributed by atoms with E-state index in [0.29, 0.717) is 27.9 Å². The van der Waals surface area contributed by atoms with Crippen molar-refractivity contribution in [2.24, 2.45) is 0 Å². The molecular formula is C38H25NO2S3. The summed E-state index contributed by atoms with van der Waals surface area (Å²) in [6.45, 7) is 0. The molecule has 1 aliphatic carbocycles. The van der Waals surface area contributed by atoms with Gasteiger partial charge in [0.25, 0.3) is 0 Å². The molecule has 6 aromatic carbocycles. The summed E-state index contributed by atoms with van der Waals surface area (Å²) in [6.07, 6.45) is 0. The second-order valence-electron chi connectivity index (χ2n) is 10.1. The van der Waals surface area contributed by atoms with Crippen LogP contribution in [0.4, 0.5) is 11.4 Å². The molecule has 0 radical (unpaired) electrons. The molecule has 0 atom stereocenters. The molecule has 0 amide bonds. The van der Waals surface area contributed by atoms with E-state index in [-0.39, 0.29) is 11.6 Å². The van der Waals surface area contributed by atoms with Gasteiger partial charge in [-0.3, -0.25) is 9.59 Å². The summed E-state index contributed by atoms with van der Waals surface area (Å²) in [5.41, 5.74) is 3.22. The first-order chi connectivity index (χ1) is 21.7. The summed E-state index contributed by atoms with van der Waals surface area (Å²) < 4.78 is 0. The van der Waals surface area contributed by atoms with Gasteiger partial charge in [-0.1, -0.05) is 108 Å². The molecule has 0 fully saturated rings. The highest BCUT2D eigenvalue weighted by Crippen LogP contribution is 2.47. The van der Waals surface area contributed by atoms with Crippen LogP contribution in [0.25, 0.3) is 0 Å². The Morgan fingerprint density at radius 3 is 1.14 bits per heavy atom. The van der Waals surface area contributed by atoms with Crippen LogP contribution in [0.5, 0.6) is 0 Å². The maximum absolute atomic E-state index is 14.9. The summed E-state index contributed by atoms with van der Waals surface area (Å²) in [5.74, 6) is -0.295. The zero-order valence-electron chi connectivity index (χ0n) is 23.4. The van der Waals surface area contributed by atoms with E-state index in [2.05, 4.69) is 5.32 Å². The standard InChI is InChI=1S/C38H25NO2S3/c40-37-33-29(39-25-13-5-1-6-14-25)21-22-30(42-26-15-7-2-8-16-26)34(33)38(41)36-32(44-28-19-11-4-12-20-28)24-23-31(35(36)37)43-27-17-9-3-10-18-27/h1-24,39H. The predicted molar refractivity (Wildman–Crippen MR) is 181 cm³/mol. The van der Waals surface area contributed by atoms with Gasteiger partial charge < -0.3 is 5.32 Å². The van der Waals surface area contributed by atoms with Crippen LogP contribution in [0.3, 0.4) is 0 Å². The first kappa shape index (κ1) is 28.3. The molecule has 212 valence electrons. The monoisotopic (exact) mass is 623 g/mol. The Kier molecular flexibility index (Phi) is 8.12. The van der Waals surface area contributed by atoms with Gasteiger partial charge in [0.1, 0.15) is 0 Å². The number of para-hydroxylation sites is 1. The Bertz CT molecular complexity index is 1690. The Morgan fingerprint density at radius 2 is 0.705 bits per heavy atom. The van der Waals surface area contributed by atoms with Crippen LogP contribution >= 0.6 is 35.3 Å². The van der Waals surface area contributed by atoms with Crippen molar-refractivity contribution in [2.75, 3.05) is 5.32 Å². The smallest absolute Gasteiger partial charge is 0.197 e. The minimum Gasteiger partial charge on any atom is -0.355 e. The average Bonchev–Trinajstić information content (AvgIpc) is 3.06. The van der Waals surface area contributed by atoms with Crippen molar-refractivity contribution < 1.29 is 9.59 Å². The number of anilines is 2. The molecule has 0 bridgehead atoms. The van der Waals surface area contributed by atoms with Crippen molar-refractivity contribution in [1.29, 1.82) is 0 Å². The first-order valence-electron chi connectivity index (χ1n) is 14.1. The third-order valence-electron chi connectivity index (χ3n) is 7.17. The van der Waals surface area contributed by atoms with Crippen LogP contribution in [0.15, 0.2) is 175 Å². The van der Waals surface area contributed by atoms with E-state index in [1.165, 1.54) is 35.3 Å². The molecule has 3 nitrogen and oxygen atoms in total. The molecule has 6 heteroatoms. The molecule has 1 N–H and O–H groups in total. The number of nitrogens with one attached hydrogen (secondary N) is 1. The van der Waals surface area contributed by atoms with E-state index in [4.69, 9.17) is 0 Å². The zero-order chi connectivity index (χ0) is 29.9. The molecule has 0 heterocycles. The predicted octanol–water partition coefficient (Wildman–Crippen LogP) is 10.7. The third kappa shape index (κ3) is 5.72. The summed E-state index contributed by atoms with van der Waals surface area (Å²) in [7, 11) is 0. The van der Waals surface area contributed by atoms with Gasteiger partial charge in [-0.05, 0) is 72.8 Å². The summed E-state index contributed by atoms with van der Waals surface area (Å²) in [5, 5.41) is 3.43. The maximum atomic E-state index is 14.9. The van der Waals surface area contributed by atoms with E-state index in [0.717, 1.165) is 35.1 Å². The topological polar surface area (TPSA) is 46.2 Å². The number of hydrogen-bond acceptors (Lipinski definition) is 6. The van der Waals surface area contributed by atoms with Gasteiger partial charge >= 0.3 is 0 Å². The molecule has 7 rings (SSSR count). The van der Waals surface area contributed by atoms with Crippen molar-refractivity contribution in [3.8, 4) is 0 Å². The average molecular weight is 624 g/mol. The van der Waals surface area contributed by atoms with Gasteiger partial charge in [-0.15, -0.1) is 0 Å². The molecule has 1 aliphatic rings. The van der Waals surface area contributed by atoms with Crippen molar-refractivity contribution >= 4 is 58.2 Å². The van der Waals surface area contributed by atoms with Gasteiger partial charge in [0.05, 0.1) is 11.3 Å². The number of carbonyl (C=O) groups excluding carboxylic acids is 2. The number of carbonyl (C=O) groups is 2. The van der Waals surface area contributed by atoms with Crippen molar-refractivity contribution in [2.45, 2.75) is 29.4 Å². The molecule has 0 aliphatic heterocycles. The van der Waals surface area contributed by atoms with Gasteiger partial charge in [0.2, 0.25) is 0 Å². The van der Waals surface area contributed by atoms with Crippen molar-refractivity contribution in [1.82, 2.24) is 0 Å². The lowest BCUT2D eigenvalue weighted by Crippen LogP contribution is -2.25. The van der Waals surface area contributed by atoms with Crippen molar-refractivity contribution in [3.05, 3.63) is 168 Å². The lowest BCUT2D eigenvalue weighted by Gasteiger charge is -2.26. The summed E-state index contributed by atoms with van der Waals surface area (Å²) >= 11 is 4.52. The molecule has 0 aromatic heterocycles. The molecule has 0 spiro atoms. The second-order valence-corrected chi connectivity index (χ2v) is 13.4. The highest BCUT2D eigenvalue weighted by molar-refractivity contribution is 8.00. The van der Waals surface area contributed by atoms with Gasteiger partial charge in [-0.25, -0.2) is 0 Å². The fourth-order valence-electron chi connectivity index (χ4n) is 5.19. The Hall–Kier alpha value is -4.49. The molecule has 0 saturated carbocycles. The van der Waals surface area contributed by atoms with Gasteiger partial charge in [0, 0.05) is 51.8 Å².